The standard InChI is InChI=1S/C14H26N2/c1-2-4-10-16(9-3-1)12-13-11-14(13)5-7-15-8-6-14/h13,15H,1-12H2. The van der Waals surface area contributed by atoms with Crippen LogP contribution in [-0.2, 0) is 0 Å². The maximum Gasteiger partial charge on any atom is 0.00152 e. The van der Waals surface area contributed by atoms with Gasteiger partial charge in [-0.15, -0.1) is 0 Å². The van der Waals surface area contributed by atoms with E-state index in [1.165, 1.54) is 77.7 Å². The van der Waals surface area contributed by atoms with E-state index in [-0.39, 0.29) is 0 Å². The predicted molar refractivity (Wildman–Crippen MR) is 67.6 cm³/mol. The van der Waals surface area contributed by atoms with E-state index in [1.807, 2.05) is 0 Å². The van der Waals surface area contributed by atoms with E-state index in [1.54, 1.807) is 0 Å². The molecule has 3 fully saturated rings. The minimum Gasteiger partial charge on any atom is -0.317 e. The first kappa shape index (κ1) is 11.0. The summed E-state index contributed by atoms with van der Waals surface area (Å²) < 4.78 is 0. The third-order valence-electron chi connectivity index (χ3n) is 5.14. The molecule has 2 heteroatoms. The summed E-state index contributed by atoms with van der Waals surface area (Å²) >= 11 is 0. The van der Waals surface area contributed by atoms with Gasteiger partial charge in [0.25, 0.3) is 0 Å². The molecule has 0 radical (unpaired) electrons. The highest BCUT2D eigenvalue weighted by molar-refractivity contribution is 5.05. The minimum atomic E-state index is 0.789. The Morgan fingerprint density at radius 1 is 1.00 bits per heavy atom. The number of hydrogen-bond donors (Lipinski definition) is 1. The summed E-state index contributed by atoms with van der Waals surface area (Å²) in [7, 11) is 0. The van der Waals surface area contributed by atoms with Crippen molar-refractivity contribution in [1.29, 1.82) is 0 Å². The normalized spacial score (nSPS) is 34.9. The van der Waals surface area contributed by atoms with Gasteiger partial charge in [0, 0.05) is 6.54 Å². The quantitative estimate of drug-likeness (QED) is 0.771. The summed E-state index contributed by atoms with van der Waals surface area (Å²) in [5.41, 5.74) is 0.789. The number of nitrogens with zero attached hydrogens (tertiary/aromatic N) is 1. The van der Waals surface area contributed by atoms with E-state index in [9.17, 15) is 0 Å². The van der Waals surface area contributed by atoms with E-state index in [0.29, 0.717) is 0 Å². The van der Waals surface area contributed by atoms with Crippen LogP contribution in [0.2, 0.25) is 0 Å². The molecule has 2 nitrogen and oxygen atoms in total. The molecular formula is C14H26N2. The molecule has 2 heterocycles. The first-order valence-corrected chi connectivity index (χ1v) is 7.32. The molecule has 3 aliphatic rings. The molecule has 1 saturated carbocycles. The molecule has 92 valence electrons. The Hall–Kier alpha value is -0.0800. The molecule has 1 N–H and O–H groups in total. The fraction of sp³-hybridized carbons (Fsp3) is 1.00. The van der Waals surface area contributed by atoms with Crippen LogP contribution in [0.1, 0.15) is 44.9 Å². The Morgan fingerprint density at radius 3 is 2.38 bits per heavy atom. The minimum absolute atomic E-state index is 0.789. The third kappa shape index (κ3) is 2.28. The van der Waals surface area contributed by atoms with Crippen molar-refractivity contribution >= 4 is 0 Å². The Kier molecular flexibility index (Phi) is 3.21. The maximum atomic E-state index is 3.50. The zero-order valence-electron chi connectivity index (χ0n) is 10.5. The molecule has 0 aromatic heterocycles. The molecule has 1 aliphatic carbocycles. The summed E-state index contributed by atoms with van der Waals surface area (Å²) in [6.45, 7) is 6.72. The van der Waals surface area contributed by atoms with Crippen LogP contribution in [0.5, 0.6) is 0 Å². The van der Waals surface area contributed by atoms with Crippen LogP contribution in [0, 0.1) is 11.3 Å². The first-order valence-electron chi connectivity index (χ1n) is 7.32. The fourth-order valence-corrected chi connectivity index (χ4v) is 3.86. The molecule has 0 bridgehead atoms. The Morgan fingerprint density at radius 2 is 1.69 bits per heavy atom. The number of likely N-dealkylation sites (tertiary alicyclic amines) is 1. The summed E-state index contributed by atoms with van der Waals surface area (Å²) in [6, 6.07) is 0. The van der Waals surface area contributed by atoms with Gasteiger partial charge in [-0.1, -0.05) is 12.8 Å². The number of rotatable bonds is 2. The topological polar surface area (TPSA) is 15.3 Å². The maximum absolute atomic E-state index is 3.50. The highest BCUT2D eigenvalue weighted by Gasteiger charge is 2.53. The lowest BCUT2D eigenvalue weighted by Gasteiger charge is -2.26. The van der Waals surface area contributed by atoms with Gasteiger partial charge < -0.3 is 10.2 Å². The van der Waals surface area contributed by atoms with Gasteiger partial charge in [-0.3, -0.25) is 0 Å². The molecular weight excluding hydrogens is 196 g/mol. The van der Waals surface area contributed by atoms with Gasteiger partial charge in [0.15, 0.2) is 0 Å². The highest BCUT2D eigenvalue weighted by atomic mass is 15.1. The summed E-state index contributed by atoms with van der Waals surface area (Å²) in [6.07, 6.45) is 10.3. The van der Waals surface area contributed by atoms with Crippen molar-refractivity contribution in [1.82, 2.24) is 10.2 Å². The molecule has 2 saturated heterocycles. The van der Waals surface area contributed by atoms with E-state index < -0.39 is 0 Å². The zero-order chi connectivity index (χ0) is 10.8. The second-order valence-corrected chi connectivity index (χ2v) is 6.23. The van der Waals surface area contributed by atoms with Gasteiger partial charge in [0.05, 0.1) is 0 Å². The molecule has 0 amide bonds. The second kappa shape index (κ2) is 4.66. The molecule has 2 aliphatic heterocycles. The van der Waals surface area contributed by atoms with Crippen LogP contribution in [-0.4, -0.2) is 37.6 Å². The van der Waals surface area contributed by atoms with Crippen molar-refractivity contribution in [3.63, 3.8) is 0 Å². The summed E-state index contributed by atoms with van der Waals surface area (Å²) in [4.78, 5) is 2.76. The first-order chi connectivity index (χ1) is 7.89. The second-order valence-electron chi connectivity index (χ2n) is 6.23. The van der Waals surface area contributed by atoms with Crippen LogP contribution >= 0.6 is 0 Å². The zero-order valence-corrected chi connectivity index (χ0v) is 10.5. The van der Waals surface area contributed by atoms with Crippen LogP contribution < -0.4 is 5.32 Å². The molecule has 16 heavy (non-hydrogen) atoms. The fourth-order valence-electron chi connectivity index (χ4n) is 3.86. The number of piperidine rings is 1. The molecule has 1 unspecified atom stereocenters. The summed E-state index contributed by atoms with van der Waals surface area (Å²) in [5, 5.41) is 3.50. The van der Waals surface area contributed by atoms with Crippen LogP contribution in [0.3, 0.4) is 0 Å². The van der Waals surface area contributed by atoms with Crippen molar-refractivity contribution < 1.29 is 0 Å². The van der Waals surface area contributed by atoms with E-state index >= 15 is 0 Å². The van der Waals surface area contributed by atoms with Gasteiger partial charge in [0.2, 0.25) is 0 Å². The van der Waals surface area contributed by atoms with E-state index in [4.69, 9.17) is 0 Å². The monoisotopic (exact) mass is 222 g/mol. The Bertz CT molecular complexity index is 225. The lowest BCUT2D eigenvalue weighted by Crippen LogP contribution is -2.33. The molecule has 0 aromatic carbocycles. The van der Waals surface area contributed by atoms with Gasteiger partial charge in [-0.2, -0.15) is 0 Å². The average Bonchev–Trinajstić information content (AvgIpc) is 3.02. The van der Waals surface area contributed by atoms with Crippen molar-refractivity contribution in [3.05, 3.63) is 0 Å². The van der Waals surface area contributed by atoms with Gasteiger partial charge in [0.1, 0.15) is 0 Å². The molecule has 0 aromatic rings. The number of nitrogens with one attached hydrogen (secondary N) is 1. The van der Waals surface area contributed by atoms with Gasteiger partial charge in [-0.25, -0.2) is 0 Å². The van der Waals surface area contributed by atoms with Crippen molar-refractivity contribution in [2.45, 2.75) is 44.9 Å². The van der Waals surface area contributed by atoms with Crippen molar-refractivity contribution in [3.8, 4) is 0 Å². The smallest absolute Gasteiger partial charge is 0.00152 e. The Labute approximate surface area is 99.8 Å². The highest BCUT2D eigenvalue weighted by Crippen LogP contribution is 2.58. The Balaban J connectivity index is 1.48. The summed E-state index contributed by atoms with van der Waals surface area (Å²) in [5.74, 6) is 1.05. The van der Waals surface area contributed by atoms with Gasteiger partial charge >= 0.3 is 0 Å². The SMILES string of the molecule is C1CCCN(CC2CC23CCNCC3)CC1. The molecule has 3 rings (SSSR count). The van der Waals surface area contributed by atoms with E-state index in [2.05, 4.69) is 10.2 Å². The van der Waals surface area contributed by atoms with Crippen molar-refractivity contribution in [2.24, 2.45) is 11.3 Å². The molecule has 1 spiro atoms. The predicted octanol–water partition coefficient (Wildman–Crippen LogP) is 2.25. The lowest BCUT2D eigenvalue weighted by atomic mass is 9.92. The van der Waals surface area contributed by atoms with Crippen LogP contribution in [0.4, 0.5) is 0 Å². The third-order valence-corrected chi connectivity index (χ3v) is 5.14. The van der Waals surface area contributed by atoms with E-state index in [0.717, 1.165) is 11.3 Å². The van der Waals surface area contributed by atoms with Crippen LogP contribution in [0.15, 0.2) is 0 Å². The van der Waals surface area contributed by atoms with Gasteiger partial charge in [-0.05, 0) is 69.6 Å². The molecule has 1 atom stereocenters. The lowest BCUT2D eigenvalue weighted by molar-refractivity contribution is 0.235. The largest absolute Gasteiger partial charge is 0.317 e. The average molecular weight is 222 g/mol. The number of hydrogen-bond acceptors (Lipinski definition) is 2. The van der Waals surface area contributed by atoms with Crippen LogP contribution in [0.25, 0.3) is 0 Å². The van der Waals surface area contributed by atoms with Crippen molar-refractivity contribution in [2.75, 3.05) is 32.7 Å².